The van der Waals surface area contributed by atoms with Crippen LogP contribution in [0, 0.1) is 11.8 Å². The number of carboxylic acid groups (broad SMARTS) is 1. The highest BCUT2D eigenvalue weighted by molar-refractivity contribution is 7.89. The molecule has 8 nitrogen and oxygen atoms in total. The number of carbonyl (C=O) groups is 2. The Hall–Kier alpha value is -1.59. The second-order valence-electron chi connectivity index (χ2n) is 8.52. The summed E-state index contributed by atoms with van der Waals surface area (Å²) in [7, 11) is -3.47. The number of hydrogen-bond donors (Lipinski definition) is 3. The van der Waals surface area contributed by atoms with Gasteiger partial charge in [-0.25, -0.2) is 17.9 Å². The van der Waals surface area contributed by atoms with Gasteiger partial charge in [0.05, 0.1) is 24.5 Å². The maximum absolute atomic E-state index is 13.1. The number of amides is 1. The van der Waals surface area contributed by atoms with Gasteiger partial charge in [0.1, 0.15) is 0 Å². The predicted octanol–water partition coefficient (Wildman–Crippen LogP) is 2.45. The third-order valence-electron chi connectivity index (χ3n) is 6.11. The topological polar surface area (TPSA) is 122 Å². The molecule has 4 atom stereocenters. The molecule has 32 heavy (non-hydrogen) atoms. The summed E-state index contributed by atoms with van der Waals surface area (Å²) >= 11 is 0. The first-order valence-electron chi connectivity index (χ1n) is 11.2. The number of halogens is 2. The molecule has 1 amide bonds. The summed E-state index contributed by atoms with van der Waals surface area (Å²) < 4.78 is 58.3. The van der Waals surface area contributed by atoms with E-state index in [0.29, 0.717) is 19.4 Å². The van der Waals surface area contributed by atoms with Crippen molar-refractivity contribution in [1.29, 1.82) is 0 Å². The summed E-state index contributed by atoms with van der Waals surface area (Å²) in [5, 5.41) is 11.2. The Morgan fingerprint density at radius 2 is 1.84 bits per heavy atom. The SMILES string of the molecule is CCCCCS(=O)(=O)NCC(=O)NC[C@H]1[C@@H](C/C=C\CCC(F)(F)C(=O)O)[C@H]2CC[C@@H]1O2. The van der Waals surface area contributed by atoms with Crippen LogP contribution in [-0.4, -0.2) is 62.4 Å². The summed E-state index contributed by atoms with van der Waals surface area (Å²) in [5.74, 6) is -6.07. The van der Waals surface area contributed by atoms with E-state index in [1.165, 1.54) is 0 Å². The fourth-order valence-electron chi connectivity index (χ4n) is 4.31. The number of aliphatic carboxylic acids is 1. The minimum Gasteiger partial charge on any atom is -0.477 e. The number of fused-ring (bicyclic) bond motifs is 2. The van der Waals surface area contributed by atoms with Crippen LogP contribution in [0.1, 0.15) is 58.3 Å². The van der Waals surface area contributed by atoms with E-state index in [2.05, 4.69) is 10.0 Å². The van der Waals surface area contributed by atoms with Crippen molar-refractivity contribution in [1.82, 2.24) is 10.0 Å². The lowest BCUT2D eigenvalue weighted by Crippen LogP contribution is -2.42. The van der Waals surface area contributed by atoms with Gasteiger partial charge in [-0.05, 0) is 38.0 Å². The Kier molecular flexibility index (Phi) is 10.0. The van der Waals surface area contributed by atoms with E-state index in [-0.39, 0.29) is 42.8 Å². The zero-order valence-corrected chi connectivity index (χ0v) is 19.2. The summed E-state index contributed by atoms with van der Waals surface area (Å²) in [6.07, 6.45) is 7.26. The maximum Gasteiger partial charge on any atom is 0.374 e. The quantitative estimate of drug-likeness (QED) is 0.245. The Morgan fingerprint density at radius 3 is 2.50 bits per heavy atom. The van der Waals surface area contributed by atoms with Crippen LogP contribution >= 0.6 is 0 Å². The highest BCUT2D eigenvalue weighted by atomic mass is 32.2. The standard InChI is InChI=1S/C21H34F2N2O6S/c1-2-3-7-12-32(29,30)25-14-19(26)24-13-16-15(17-9-10-18(16)31-17)8-5-4-6-11-21(22,23)20(27)28/h4-5,15-18,25H,2-3,6-14H2,1H3,(H,24,26)(H,27,28)/b5-4-/t15-,16+,17-,18+/m1/s1. The van der Waals surface area contributed by atoms with Gasteiger partial charge < -0.3 is 15.2 Å². The van der Waals surface area contributed by atoms with Gasteiger partial charge >= 0.3 is 11.9 Å². The fraction of sp³-hybridized carbons (Fsp3) is 0.810. The minimum absolute atomic E-state index is 0.00114. The number of rotatable bonds is 15. The molecule has 0 radical (unpaired) electrons. The first-order chi connectivity index (χ1) is 15.1. The molecule has 2 aliphatic heterocycles. The van der Waals surface area contributed by atoms with E-state index in [1.54, 1.807) is 12.2 Å². The molecular formula is C21H34F2N2O6S. The van der Waals surface area contributed by atoms with Crippen LogP contribution in [0.5, 0.6) is 0 Å². The van der Waals surface area contributed by atoms with Crippen LogP contribution in [-0.2, 0) is 24.3 Å². The van der Waals surface area contributed by atoms with E-state index in [4.69, 9.17) is 9.84 Å². The van der Waals surface area contributed by atoms with E-state index in [0.717, 1.165) is 25.7 Å². The number of carbonyl (C=O) groups excluding carboxylic acids is 1. The minimum atomic E-state index is -3.73. The average molecular weight is 481 g/mol. The van der Waals surface area contributed by atoms with Crippen molar-refractivity contribution < 1.29 is 36.6 Å². The molecule has 0 saturated carbocycles. The zero-order valence-electron chi connectivity index (χ0n) is 18.4. The number of hydrogen-bond acceptors (Lipinski definition) is 5. The van der Waals surface area contributed by atoms with Gasteiger partial charge in [0.15, 0.2) is 0 Å². The molecule has 184 valence electrons. The van der Waals surface area contributed by atoms with Gasteiger partial charge in [-0.1, -0.05) is 31.9 Å². The number of nitrogens with one attached hydrogen (secondary N) is 2. The van der Waals surface area contributed by atoms with E-state index in [1.807, 2.05) is 6.92 Å². The summed E-state index contributed by atoms with van der Waals surface area (Å²) in [4.78, 5) is 22.6. The first-order valence-corrected chi connectivity index (χ1v) is 12.9. The lowest BCUT2D eigenvalue weighted by Gasteiger charge is -2.27. The largest absolute Gasteiger partial charge is 0.477 e. The number of carboxylic acids is 1. The van der Waals surface area contributed by atoms with Gasteiger partial charge in [0.25, 0.3) is 0 Å². The van der Waals surface area contributed by atoms with Crippen molar-refractivity contribution in [3.8, 4) is 0 Å². The number of ether oxygens (including phenoxy) is 1. The molecule has 0 aromatic carbocycles. The van der Waals surface area contributed by atoms with E-state index >= 15 is 0 Å². The molecule has 2 heterocycles. The maximum atomic E-state index is 13.1. The highest BCUT2D eigenvalue weighted by Gasteiger charge is 2.48. The van der Waals surface area contributed by atoms with Crippen molar-refractivity contribution >= 4 is 21.9 Å². The third kappa shape index (κ3) is 8.08. The molecule has 11 heteroatoms. The Labute approximate surface area is 188 Å². The van der Waals surface area contributed by atoms with Crippen LogP contribution in [0.25, 0.3) is 0 Å². The number of allylic oxidation sites excluding steroid dienone is 2. The van der Waals surface area contributed by atoms with Crippen molar-refractivity contribution in [2.75, 3.05) is 18.8 Å². The molecule has 2 bridgehead atoms. The Balaban J connectivity index is 1.76. The first kappa shape index (κ1) is 26.7. The van der Waals surface area contributed by atoms with E-state index < -0.39 is 34.2 Å². The van der Waals surface area contributed by atoms with Crippen molar-refractivity contribution in [2.45, 2.75) is 76.4 Å². The van der Waals surface area contributed by atoms with Crippen molar-refractivity contribution in [3.05, 3.63) is 12.2 Å². The normalized spacial score (nSPS) is 25.5. The molecule has 0 unspecified atom stereocenters. The van der Waals surface area contributed by atoms with E-state index in [9.17, 15) is 26.8 Å². The van der Waals surface area contributed by atoms with Gasteiger partial charge in [-0.15, -0.1) is 0 Å². The lowest BCUT2D eigenvalue weighted by atomic mass is 9.77. The summed E-state index contributed by atoms with van der Waals surface area (Å²) in [6.45, 7) is 2.03. The van der Waals surface area contributed by atoms with Gasteiger partial charge in [-0.2, -0.15) is 8.78 Å². The van der Waals surface area contributed by atoms with Gasteiger partial charge in [-0.3, -0.25) is 4.79 Å². The molecule has 2 rings (SSSR count). The smallest absolute Gasteiger partial charge is 0.374 e. The Morgan fingerprint density at radius 1 is 1.16 bits per heavy atom. The lowest BCUT2D eigenvalue weighted by molar-refractivity contribution is -0.165. The number of sulfonamides is 1. The highest BCUT2D eigenvalue weighted by Crippen LogP contribution is 2.44. The molecule has 3 N–H and O–H groups in total. The average Bonchev–Trinajstić information content (AvgIpc) is 3.32. The molecule has 0 spiro atoms. The molecule has 2 aliphatic rings. The summed E-state index contributed by atoms with van der Waals surface area (Å²) in [5.41, 5.74) is 0. The fourth-order valence-corrected chi connectivity index (χ4v) is 5.39. The van der Waals surface area contributed by atoms with Crippen LogP contribution in [0.15, 0.2) is 12.2 Å². The molecule has 0 aromatic heterocycles. The van der Waals surface area contributed by atoms with Crippen LogP contribution in [0.4, 0.5) is 8.78 Å². The predicted molar refractivity (Wildman–Crippen MR) is 115 cm³/mol. The van der Waals surface area contributed by atoms with Crippen LogP contribution in [0.2, 0.25) is 0 Å². The third-order valence-corrected chi connectivity index (χ3v) is 7.52. The van der Waals surface area contributed by atoms with Crippen molar-refractivity contribution in [2.24, 2.45) is 11.8 Å². The second kappa shape index (κ2) is 12.0. The number of unbranched alkanes of at least 4 members (excludes halogenated alkanes) is 2. The van der Waals surface area contributed by atoms with Gasteiger partial charge in [0.2, 0.25) is 15.9 Å². The van der Waals surface area contributed by atoms with Crippen LogP contribution in [0.3, 0.4) is 0 Å². The second-order valence-corrected chi connectivity index (χ2v) is 10.5. The molecule has 0 aliphatic carbocycles. The molecule has 2 fully saturated rings. The van der Waals surface area contributed by atoms with Gasteiger partial charge in [0, 0.05) is 18.9 Å². The zero-order chi connectivity index (χ0) is 23.8. The molecule has 0 aromatic rings. The van der Waals surface area contributed by atoms with Crippen LogP contribution < -0.4 is 10.0 Å². The molecule has 2 saturated heterocycles. The Bertz CT molecular complexity index is 774. The monoisotopic (exact) mass is 480 g/mol. The van der Waals surface area contributed by atoms with Crippen molar-refractivity contribution in [3.63, 3.8) is 0 Å². The number of alkyl halides is 2. The molecular weight excluding hydrogens is 446 g/mol. The summed E-state index contributed by atoms with van der Waals surface area (Å²) in [6, 6.07) is 0.